The number of carbonyl (C=O) groups excluding carboxylic acids is 1. The van der Waals surface area contributed by atoms with Crippen LogP contribution in [0.3, 0.4) is 0 Å². The fourth-order valence-corrected chi connectivity index (χ4v) is 2.05. The third-order valence-corrected chi connectivity index (χ3v) is 3.17. The zero-order valence-corrected chi connectivity index (χ0v) is 11.0. The molecule has 0 bridgehead atoms. The molecule has 0 aliphatic rings. The van der Waals surface area contributed by atoms with Crippen LogP contribution in [-0.4, -0.2) is 26.6 Å². The van der Waals surface area contributed by atoms with Gasteiger partial charge in [0, 0.05) is 12.1 Å². The molecule has 0 aliphatic heterocycles. The van der Waals surface area contributed by atoms with Crippen molar-refractivity contribution in [2.45, 2.75) is 13.8 Å². The van der Waals surface area contributed by atoms with Crippen molar-refractivity contribution in [2.75, 3.05) is 12.3 Å². The fourth-order valence-electron chi connectivity index (χ4n) is 1.66. The van der Waals surface area contributed by atoms with Crippen molar-refractivity contribution in [1.82, 2.24) is 5.32 Å². The largest absolute Gasteiger partial charge is 0.351 e. The van der Waals surface area contributed by atoms with E-state index in [-0.39, 0.29) is 12.3 Å². The van der Waals surface area contributed by atoms with Crippen LogP contribution in [0, 0.1) is 19.7 Å². The molecule has 1 amide bonds. The Morgan fingerprint density at radius 2 is 1.83 bits per heavy atom. The molecule has 1 rings (SSSR count). The van der Waals surface area contributed by atoms with Gasteiger partial charge in [-0.3, -0.25) is 4.79 Å². The van der Waals surface area contributed by atoms with Gasteiger partial charge in [-0.2, -0.15) is 0 Å². The second kappa shape index (κ2) is 5.45. The van der Waals surface area contributed by atoms with Crippen molar-refractivity contribution in [3.8, 4) is 0 Å². The minimum atomic E-state index is -3.60. The quantitative estimate of drug-likeness (QED) is 0.836. The van der Waals surface area contributed by atoms with Gasteiger partial charge in [-0.25, -0.2) is 17.9 Å². The van der Waals surface area contributed by atoms with Gasteiger partial charge < -0.3 is 5.32 Å². The smallest absolute Gasteiger partial charge is 0.251 e. The van der Waals surface area contributed by atoms with Gasteiger partial charge in [-0.15, -0.1) is 0 Å². The van der Waals surface area contributed by atoms with Gasteiger partial charge in [0.05, 0.1) is 5.75 Å². The Kier molecular flexibility index (Phi) is 4.42. The zero-order chi connectivity index (χ0) is 13.9. The van der Waals surface area contributed by atoms with Gasteiger partial charge in [0.1, 0.15) is 5.82 Å². The maximum Gasteiger partial charge on any atom is 0.251 e. The van der Waals surface area contributed by atoms with E-state index in [4.69, 9.17) is 5.14 Å². The highest BCUT2D eigenvalue weighted by Crippen LogP contribution is 2.15. The predicted octanol–water partition coefficient (Wildman–Crippen LogP) is 0.461. The number of nitrogens with two attached hydrogens (primary N) is 1. The monoisotopic (exact) mass is 274 g/mol. The summed E-state index contributed by atoms with van der Waals surface area (Å²) in [6.07, 6.45) is 0. The Labute approximate surface area is 105 Å². The first-order valence-electron chi connectivity index (χ1n) is 5.26. The van der Waals surface area contributed by atoms with Crippen molar-refractivity contribution in [2.24, 2.45) is 5.14 Å². The molecule has 0 aliphatic carbocycles. The second-order valence-corrected chi connectivity index (χ2v) is 5.77. The van der Waals surface area contributed by atoms with E-state index in [0.717, 1.165) is 0 Å². The number of nitrogens with one attached hydrogen (secondary N) is 1. The SMILES string of the molecule is Cc1cc(F)cc(C)c1C(=O)NCCS(N)(=O)=O. The van der Waals surface area contributed by atoms with Crippen LogP contribution in [0.25, 0.3) is 0 Å². The lowest BCUT2D eigenvalue weighted by molar-refractivity contribution is 0.0955. The molecule has 0 atom stereocenters. The van der Waals surface area contributed by atoms with Gasteiger partial charge in [-0.1, -0.05) is 0 Å². The number of aryl methyl sites for hydroxylation is 2. The predicted molar refractivity (Wildman–Crippen MR) is 66.2 cm³/mol. The molecule has 3 N–H and O–H groups in total. The summed E-state index contributed by atoms with van der Waals surface area (Å²) in [6, 6.07) is 2.50. The van der Waals surface area contributed by atoms with Crippen molar-refractivity contribution >= 4 is 15.9 Å². The molecule has 0 spiro atoms. The van der Waals surface area contributed by atoms with Gasteiger partial charge in [0.2, 0.25) is 10.0 Å². The molecule has 1 aromatic carbocycles. The molecule has 0 radical (unpaired) electrons. The van der Waals surface area contributed by atoms with Crippen LogP contribution >= 0.6 is 0 Å². The highest BCUT2D eigenvalue weighted by Gasteiger charge is 2.13. The number of amides is 1. The van der Waals surface area contributed by atoms with E-state index in [1.807, 2.05) is 0 Å². The Bertz CT molecular complexity index is 547. The number of primary sulfonamides is 1. The van der Waals surface area contributed by atoms with Gasteiger partial charge in [0.15, 0.2) is 0 Å². The summed E-state index contributed by atoms with van der Waals surface area (Å²) in [6.45, 7) is 3.16. The molecule has 0 aromatic heterocycles. The molecule has 100 valence electrons. The number of hydrogen-bond donors (Lipinski definition) is 2. The number of sulfonamides is 1. The lowest BCUT2D eigenvalue weighted by Crippen LogP contribution is -2.32. The van der Waals surface area contributed by atoms with Gasteiger partial charge in [0.25, 0.3) is 5.91 Å². The number of benzene rings is 1. The second-order valence-electron chi connectivity index (χ2n) is 4.04. The van der Waals surface area contributed by atoms with Crippen LogP contribution in [0.4, 0.5) is 4.39 Å². The number of rotatable bonds is 4. The molecule has 0 fully saturated rings. The summed E-state index contributed by atoms with van der Waals surface area (Å²) in [4.78, 5) is 11.8. The maximum atomic E-state index is 13.1. The Morgan fingerprint density at radius 3 is 2.28 bits per heavy atom. The van der Waals surface area contributed by atoms with E-state index >= 15 is 0 Å². The van der Waals surface area contributed by atoms with E-state index < -0.39 is 21.7 Å². The first kappa shape index (κ1) is 14.6. The molecule has 0 unspecified atom stereocenters. The summed E-state index contributed by atoms with van der Waals surface area (Å²) in [5.74, 6) is -1.18. The third-order valence-electron chi connectivity index (χ3n) is 2.40. The first-order valence-corrected chi connectivity index (χ1v) is 6.97. The highest BCUT2D eigenvalue weighted by molar-refractivity contribution is 7.89. The molecule has 1 aromatic rings. The lowest BCUT2D eigenvalue weighted by Gasteiger charge is -2.10. The molecule has 0 saturated carbocycles. The van der Waals surface area contributed by atoms with Crippen LogP contribution in [0.1, 0.15) is 21.5 Å². The van der Waals surface area contributed by atoms with E-state index in [1.165, 1.54) is 12.1 Å². The summed E-state index contributed by atoms with van der Waals surface area (Å²) in [5.41, 5.74) is 1.35. The molecule has 0 saturated heterocycles. The number of hydrogen-bond acceptors (Lipinski definition) is 3. The average molecular weight is 274 g/mol. The van der Waals surface area contributed by atoms with E-state index in [0.29, 0.717) is 16.7 Å². The minimum Gasteiger partial charge on any atom is -0.351 e. The Hall–Kier alpha value is -1.47. The third kappa shape index (κ3) is 4.08. The van der Waals surface area contributed by atoms with Gasteiger partial charge in [-0.05, 0) is 37.1 Å². The van der Waals surface area contributed by atoms with Crippen LogP contribution in [0.15, 0.2) is 12.1 Å². The summed E-state index contributed by atoms with van der Waals surface area (Å²) in [5, 5.41) is 7.25. The first-order chi connectivity index (χ1) is 8.20. The molecular weight excluding hydrogens is 259 g/mol. The minimum absolute atomic E-state index is 0.0755. The number of carbonyl (C=O) groups is 1. The van der Waals surface area contributed by atoms with Gasteiger partial charge >= 0.3 is 0 Å². The molecule has 7 heteroatoms. The van der Waals surface area contributed by atoms with Crippen molar-refractivity contribution in [3.63, 3.8) is 0 Å². The van der Waals surface area contributed by atoms with Crippen LogP contribution in [0.5, 0.6) is 0 Å². The summed E-state index contributed by atoms with van der Waals surface area (Å²) < 4.78 is 34.5. The average Bonchev–Trinajstić information content (AvgIpc) is 2.13. The molecular formula is C11H15FN2O3S. The molecule has 5 nitrogen and oxygen atoms in total. The van der Waals surface area contributed by atoms with E-state index in [2.05, 4.69) is 5.32 Å². The van der Waals surface area contributed by atoms with Crippen molar-refractivity contribution < 1.29 is 17.6 Å². The Balaban J connectivity index is 2.80. The Morgan fingerprint density at radius 1 is 1.33 bits per heavy atom. The standard InChI is InChI=1S/C11H15FN2O3S/c1-7-5-9(12)6-8(2)10(7)11(15)14-3-4-18(13,16)17/h5-6H,3-4H2,1-2H3,(H,14,15)(H2,13,16,17). The molecule has 0 heterocycles. The summed E-state index contributed by atoms with van der Waals surface area (Å²) in [7, 11) is -3.60. The van der Waals surface area contributed by atoms with Crippen molar-refractivity contribution in [3.05, 3.63) is 34.6 Å². The lowest BCUT2D eigenvalue weighted by atomic mass is 10.0. The fraction of sp³-hybridized carbons (Fsp3) is 0.364. The van der Waals surface area contributed by atoms with Crippen LogP contribution in [0.2, 0.25) is 0 Å². The van der Waals surface area contributed by atoms with Crippen molar-refractivity contribution in [1.29, 1.82) is 0 Å². The van der Waals surface area contributed by atoms with Crippen LogP contribution in [-0.2, 0) is 10.0 Å². The van der Waals surface area contributed by atoms with E-state index in [1.54, 1.807) is 13.8 Å². The number of halogens is 1. The summed E-state index contributed by atoms with van der Waals surface area (Å²) >= 11 is 0. The molecule has 18 heavy (non-hydrogen) atoms. The topological polar surface area (TPSA) is 89.3 Å². The van der Waals surface area contributed by atoms with E-state index in [9.17, 15) is 17.6 Å². The normalized spacial score (nSPS) is 11.3. The maximum absolute atomic E-state index is 13.1. The van der Waals surface area contributed by atoms with Crippen LogP contribution < -0.4 is 10.5 Å². The zero-order valence-electron chi connectivity index (χ0n) is 10.2. The highest BCUT2D eigenvalue weighted by atomic mass is 32.2.